The summed E-state index contributed by atoms with van der Waals surface area (Å²) >= 11 is 0. The zero-order valence-electron chi connectivity index (χ0n) is 20.8. The van der Waals surface area contributed by atoms with Gasteiger partial charge in [-0.05, 0) is 64.6 Å². The molecule has 0 radical (unpaired) electrons. The van der Waals surface area contributed by atoms with Crippen LogP contribution in [0.25, 0.3) is 0 Å². The number of carbonyl (C=O) groups excluding carboxylic acids is 1. The molecule has 1 aromatic carbocycles. The van der Waals surface area contributed by atoms with E-state index in [0.29, 0.717) is 13.1 Å². The average molecular weight is 454 g/mol. The van der Waals surface area contributed by atoms with Crippen molar-refractivity contribution in [2.45, 2.75) is 65.6 Å². The summed E-state index contributed by atoms with van der Waals surface area (Å²) in [5.74, 6) is 1.77. The second-order valence-electron chi connectivity index (χ2n) is 9.99. The van der Waals surface area contributed by atoms with Crippen LogP contribution < -0.4 is 5.32 Å². The molecule has 7 nitrogen and oxygen atoms in total. The van der Waals surface area contributed by atoms with Crippen LogP contribution in [-0.2, 0) is 24.2 Å². The first-order chi connectivity index (χ1) is 15.7. The first-order valence-corrected chi connectivity index (χ1v) is 12.0. The van der Waals surface area contributed by atoms with Crippen molar-refractivity contribution >= 4 is 11.9 Å². The summed E-state index contributed by atoms with van der Waals surface area (Å²) in [5, 5.41) is 3.05. The predicted molar refractivity (Wildman–Crippen MR) is 132 cm³/mol. The van der Waals surface area contributed by atoms with Crippen molar-refractivity contribution in [3.8, 4) is 0 Å². The molecule has 2 aliphatic rings. The van der Waals surface area contributed by atoms with Crippen LogP contribution in [0.2, 0.25) is 0 Å². The van der Waals surface area contributed by atoms with Gasteiger partial charge in [-0.1, -0.05) is 37.3 Å². The highest BCUT2D eigenvalue weighted by Gasteiger charge is 2.27. The van der Waals surface area contributed by atoms with Crippen LogP contribution in [0.15, 0.2) is 36.7 Å². The van der Waals surface area contributed by atoms with Gasteiger partial charge in [-0.25, -0.2) is 14.8 Å². The second kappa shape index (κ2) is 11.5. The van der Waals surface area contributed by atoms with Gasteiger partial charge in [0, 0.05) is 25.7 Å². The molecular weight excluding hydrogens is 414 g/mol. The Kier molecular flexibility index (Phi) is 8.67. The van der Waals surface area contributed by atoms with E-state index in [1.807, 2.05) is 27.8 Å². The molecule has 2 aromatic rings. The van der Waals surface area contributed by atoms with Gasteiger partial charge in [-0.3, -0.25) is 4.90 Å². The molecule has 0 atom stereocenters. The van der Waals surface area contributed by atoms with E-state index in [2.05, 4.69) is 57.4 Å². The lowest BCUT2D eigenvalue weighted by atomic mass is 9.99. The predicted octanol–water partition coefficient (Wildman–Crippen LogP) is 4.73. The highest BCUT2D eigenvalue weighted by atomic mass is 16.6. The molecule has 0 aliphatic carbocycles. The van der Waals surface area contributed by atoms with Crippen molar-refractivity contribution < 1.29 is 9.53 Å². The molecule has 1 N–H and O–H groups in total. The van der Waals surface area contributed by atoms with Gasteiger partial charge in [0.15, 0.2) is 0 Å². The number of fused-ring (bicyclic) bond motifs is 1. The number of carbonyl (C=O) groups is 1. The Morgan fingerprint density at radius 3 is 2.45 bits per heavy atom. The Morgan fingerprint density at radius 2 is 1.82 bits per heavy atom. The van der Waals surface area contributed by atoms with E-state index >= 15 is 0 Å². The van der Waals surface area contributed by atoms with Gasteiger partial charge in [0.25, 0.3) is 0 Å². The fourth-order valence-corrected chi connectivity index (χ4v) is 4.11. The normalized spacial score (nSPS) is 16.9. The van der Waals surface area contributed by atoms with Crippen molar-refractivity contribution in [2.24, 2.45) is 5.92 Å². The first kappa shape index (κ1) is 25.0. The second-order valence-corrected chi connectivity index (χ2v) is 9.99. The SMILES string of the molecule is CC1CCN(Cc2ccccc2)CC1.CNc1ncnc2c1CCN(C(=O)OC(C)(C)C)C2. The number of likely N-dealkylation sites (tertiary alicyclic amines) is 1. The van der Waals surface area contributed by atoms with Crippen LogP contribution >= 0.6 is 0 Å². The van der Waals surface area contributed by atoms with Crippen LogP contribution in [0.3, 0.4) is 0 Å². The van der Waals surface area contributed by atoms with Gasteiger partial charge < -0.3 is 15.0 Å². The zero-order chi connectivity index (χ0) is 23.8. The summed E-state index contributed by atoms with van der Waals surface area (Å²) in [6, 6.07) is 10.8. The Labute approximate surface area is 198 Å². The van der Waals surface area contributed by atoms with Gasteiger partial charge in [0.05, 0.1) is 12.2 Å². The summed E-state index contributed by atoms with van der Waals surface area (Å²) in [7, 11) is 1.84. The molecule has 1 saturated heterocycles. The number of nitrogens with zero attached hydrogens (tertiary/aromatic N) is 4. The Balaban J connectivity index is 0.000000194. The summed E-state index contributed by atoms with van der Waals surface area (Å²) in [6.07, 6.45) is 4.71. The van der Waals surface area contributed by atoms with Gasteiger partial charge in [-0.2, -0.15) is 0 Å². The minimum absolute atomic E-state index is 0.289. The number of rotatable bonds is 3. The lowest BCUT2D eigenvalue weighted by Gasteiger charge is -2.31. The molecule has 1 aromatic heterocycles. The van der Waals surface area contributed by atoms with E-state index in [1.54, 1.807) is 4.90 Å². The van der Waals surface area contributed by atoms with Crippen molar-refractivity contribution in [1.29, 1.82) is 0 Å². The minimum Gasteiger partial charge on any atom is -0.444 e. The minimum atomic E-state index is -0.473. The van der Waals surface area contributed by atoms with Crippen LogP contribution in [0.5, 0.6) is 0 Å². The van der Waals surface area contributed by atoms with Gasteiger partial charge >= 0.3 is 6.09 Å². The largest absolute Gasteiger partial charge is 0.444 e. The standard InChI is InChI=1S/C13H20N4O2.C13H19N/c1-13(2,3)19-12(18)17-6-5-9-10(7-17)15-8-16-11(9)14-4;1-12-7-9-14(10-8-12)11-13-5-3-2-4-6-13/h8H,5-7H2,1-4H3,(H,14,15,16);2-6,12H,7-11H2,1H3. The third kappa shape index (κ3) is 7.70. The quantitative estimate of drug-likeness (QED) is 0.724. The lowest BCUT2D eigenvalue weighted by Crippen LogP contribution is -2.40. The maximum Gasteiger partial charge on any atom is 0.410 e. The van der Waals surface area contributed by atoms with Gasteiger partial charge in [0.2, 0.25) is 0 Å². The number of piperidine rings is 1. The molecule has 33 heavy (non-hydrogen) atoms. The zero-order valence-corrected chi connectivity index (χ0v) is 20.8. The Morgan fingerprint density at radius 1 is 1.12 bits per heavy atom. The van der Waals surface area contributed by atoms with Gasteiger partial charge in [-0.15, -0.1) is 0 Å². The number of hydrogen-bond acceptors (Lipinski definition) is 6. The number of nitrogens with one attached hydrogen (secondary N) is 1. The molecule has 180 valence electrons. The van der Waals surface area contributed by atoms with Crippen molar-refractivity contribution in [3.63, 3.8) is 0 Å². The monoisotopic (exact) mass is 453 g/mol. The van der Waals surface area contributed by atoms with E-state index in [1.165, 1.54) is 37.8 Å². The number of hydrogen-bond donors (Lipinski definition) is 1. The summed E-state index contributed by atoms with van der Waals surface area (Å²) in [5.41, 5.74) is 2.95. The van der Waals surface area contributed by atoms with Gasteiger partial charge in [0.1, 0.15) is 17.7 Å². The van der Waals surface area contributed by atoms with Crippen molar-refractivity contribution in [3.05, 3.63) is 53.5 Å². The molecule has 1 fully saturated rings. The first-order valence-electron chi connectivity index (χ1n) is 12.0. The molecule has 0 saturated carbocycles. The molecule has 4 rings (SSSR count). The molecule has 1 amide bonds. The number of anilines is 1. The van der Waals surface area contributed by atoms with Crippen LogP contribution in [0.1, 0.15) is 57.4 Å². The molecule has 0 spiro atoms. The van der Waals surface area contributed by atoms with Crippen molar-refractivity contribution in [1.82, 2.24) is 19.8 Å². The highest BCUT2D eigenvalue weighted by Crippen LogP contribution is 2.23. The van der Waals surface area contributed by atoms with E-state index in [0.717, 1.165) is 36.0 Å². The van der Waals surface area contributed by atoms with Crippen LogP contribution in [0, 0.1) is 5.92 Å². The van der Waals surface area contributed by atoms with Crippen LogP contribution in [-0.4, -0.2) is 58.1 Å². The summed E-state index contributed by atoms with van der Waals surface area (Å²) in [6.45, 7) is 12.7. The summed E-state index contributed by atoms with van der Waals surface area (Å²) in [4.78, 5) is 24.7. The maximum atomic E-state index is 12.0. The number of ether oxygens (including phenoxy) is 1. The topological polar surface area (TPSA) is 70.6 Å². The van der Waals surface area contributed by atoms with E-state index in [9.17, 15) is 4.79 Å². The molecule has 0 bridgehead atoms. The fraction of sp³-hybridized carbons (Fsp3) is 0.577. The van der Waals surface area contributed by atoms with Crippen LogP contribution in [0.4, 0.5) is 10.6 Å². The molecule has 0 unspecified atom stereocenters. The summed E-state index contributed by atoms with van der Waals surface area (Å²) < 4.78 is 5.38. The Hall–Kier alpha value is -2.67. The van der Waals surface area contributed by atoms with E-state index in [4.69, 9.17) is 4.74 Å². The molecular formula is C26H39N5O2. The Bertz CT molecular complexity index is 889. The molecule has 7 heteroatoms. The average Bonchev–Trinajstić information content (AvgIpc) is 2.80. The third-order valence-electron chi connectivity index (χ3n) is 6.02. The fourth-order valence-electron chi connectivity index (χ4n) is 4.11. The number of aromatic nitrogens is 2. The number of amides is 1. The number of benzene rings is 1. The highest BCUT2D eigenvalue weighted by molar-refractivity contribution is 5.69. The molecule has 2 aliphatic heterocycles. The van der Waals surface area contributed by atoms with E-state index in [-0.39, 0.29) is 6.09 Å². The third-order valence-corrected chi connectivity index (χ3v) is 6.02. The smallest absolute Gasteiger partial charge is 0.410 e. The van der Waals surface area contributed by atoms with Crippen molar-refractivity contribution in [2.75, 3.05) is 32.0 Å². The molecule has 3 heterocycles. The lowest BCUT2D eigenvalue weighted by molar-refractivity contribution is 0.0221. The van der Waals surface area contributed by atoms with E-state index < -0.39 is 5.60 Å². The maximum absolute atomic E-state index is 12.0.